The highest BCUT2D eigenvalue weighted by atomic mass is 32.2. The molecule has 4 nitrogen and oxygen atoms in total. The molecule has 1 aromatic rings. The van der Waals surface area contributed by atoms with Crippen molar-refractivity contribution in [3.63, 3.8) is 0 Å². The highest BCUT2D eigenvalue weighted by Crippen LogP contribution is 2.32. The molecule has 1 fully saturated rings. The lowest BCUT2D eigenvalue weighted by Crippen LogP contribution is -2.34. The second-order valence-electron chi connectivity index (χ2n) is 5.67. The number of unbranched alkanes of at least 4 members (excludes halogenated alkanes) is 1. The Labute approximate surface area is 127 Å². The van der Waals surface area contributed by atoms with Gasteiger partial charge in [0.05, 0.1) is 4.90 Å². The number of sulfonamides is 1. The summed E-state index contributed by atoms with van der Waals surface area (Å²) in [4.78, 5) is 0.387. The number of hydrogen-bond donors (Lipinski definition) is 1. The van der Waals surface area contributed by atoms with Crippen LogP contribution in [-0.4, -0.2) is 37.0 Å². The van der Waals surface area contributed by atoms with Crippen molar-refractivity contribution < 1.29 is 13.5 Å². The summed E-state index contributed by atoms with van der Waals surface area (Å²) in [6, 6.07) is 7.31. The molecule has 0 saturated heterocycles. The average Bonchev–Trinajstić information content (AvgIpc) is 3.30. The molecule has 1 N–H and O–H groups in total. The van der Waals surface area contributed by atoms with E-state index in [4.69, 9.17) is 5.11 Å². The average molecular weight is 311 g/mol. The van der Waals surface area contributed by atoms with E-state index in [1.54, 1.807) is 16.4 Å². The third-order valence-corrected chi connectivity index (χ3v) is 5.81. The molecular formula is C16H25NO3S. The van der Waals surface area contributed by atoms with Crippen LogP contribution in [0.2, 0.25) is 0 Å². The zero-order valence-corrected chi connectivity index (χ0v) is 13.5. The second kappa shape index (κ2) is 7.38. The van der Waals surface area contributed by atoms with Gasteiger partial charge in [-0.05, 0) is 49.8 Å². The zero-order valence-electron chi connectivity index (χ0n) is 12.7. The number of hydrogen-bond acceptors (Lipinski definition) is 3. The molecule has 0 aromatic heterocycles. The van der Waals surface area contributed by atoms with Crippen LogP contribution in [0.3, 0.4) is 0 Å². The normalized spacial score (nSPS) is 15.6. The van der Waals surface area contributed by atoms with Gasteiger partial charge in [0.15, 0.2) is 0 Å². The van der Waals surface area contributed by atoms with E-state index in [2.05, 4.69) is 6.92 Å². The van der Waals surface area contributed by atoms with E-state index in [1.165, 1.54) is 0 Å². The van der Waals surface area contributed by atoms with Crippen molar-refractivity contribution in [2.45, 2.75) is 56.4 Å². The lowest BCUT2D eigenvalue weighted by Gasteiger charge is -2.21. The van der Waals surface area contributed by atoms with Gasteiger partial charge in [-0.1, -0.05) is 25.5 Å². The van der Waals surface area contributed by atoms with Crippen LogP contribution < -0.4 is 0 Å². The number of aliphatic hydroxyl groups excluding tert-OH is 1. The van der Waals surface area contributed by atoms with Crippen LogP contribution >= 0.6 is 0 Å². The van der Waals surface area contributed by atoms with Crippen molar-refractivity contribution in [1.82, 2.24) is 4.31 Å². The van der Waals surface area contributed by atoms with Gasteiger partial charge < -0.3 is 5.11 Å². The molecule has 21 heavy (non-hydrogen) atoms. The standard InChI is InChI=1S/C16H25NO3S/c1-2-3-12-17(15-8-9-15)21(19,20)16-10-6-14(7-11-16)5-4-13-18/h6-7,10-11,15,18H,2-5,8-9,12-13H2,1H3. The predicted octanol–water partition coefficient (Wildman–Crippen LogP) is 2.56. The first-order chi connectivity index (χ1) is 10.1. The van der Waals surface area contributed by atoms with E-state index >= 15 is 0 Å². The van der Waals surface area contributed by atoms with Crippen molar-refractivity contribution in [3.05, 3.63) is 29.8 Å². The van der Waals surface area contributed by atoms with Crippen molar-refractivity contribution in [1.29, 1.82) is 0 Å². The quantitative estimate of drug-likeness (QED) is 0.762. The Morgan fingerprint density at radius 2 is 1.86 bits per heavy atom. The van der Waals surface area contributed by atoms with Gasteiger partial charge in [-0.25, -0.2) is 8.42 Å². The Morgan fingerprint density at radius 3 is 2.38 bits per heavy atom. The van der Waals surface area contributed by atoms with Gasteiger partial charge >= 0.3 is 0 Å². The molecule has 0 atom stereocenters. The molecule has 5 heteroatoms. The first-order valence-electron chi connectivity index (χ1n) is 7.81. The fourth-order valence-corrected chi connectivity index (χ4v) is 4.15. The highest BCUT2D eigenvalue weighted by molar-refractivity contribution is 7.89. The summed E-state index contributed by atoms with van der Waals surface area (Å²) in [6.07, 6.45) is 5.36. The van der Waals surface area contributed by atoms with Crippen molar-refractivity contribution in [2.24, 2.45) is 0 Å². The Morgan fingerprint density at radius 1 is 1.19 bits per heavy atom. The van der Waals surface area contributed by atoms with Crippen LogP contribution in [0, 0.1) is 0 Å². The Balaban J connectivity index is 2.13. The predicted molar refractivity (Wildman–Crippen MR) is 83.7 cm³/mol. The molecule has 0 aliphatic heterocycles. The largest absolute Gasteiger partial charge is 0.396 e. The maximum absolute atomic E-state index is 12.7. The molecule has 0 bridgehead atoms. The van der Waals surface area contributed by atoms with Gasteiger partial charge in [-0.2, -0.15) is 4.31 Å². The molecule has 118 valence electrons. The van der Waals surface area contributed by atoms with E-state index in [1.807, 2.05) is 12.1 Å². The Hall–Kier alpha value is -0.910. The summed E-state index contributed by atoms with van der Waals surface area (Å²) < 4.78 is 27.1. The van der Waals surface area contributed by atoms with E-state index in [0.717, 1.165) is 37.7 Å². The monoisotopic (exact) mass is 311 g/mol. The lowest BCUT2D eigenvalue weighted by molar-refractivity contribution is 0.288. The number of aryl methyl sites for hydroxylation is 1. The van der Waals surface area contributed by atoms with Gasteiger partial charge in [0.1, 0.15) is 0 Å². The van der Waals surface area contributed by atoms with E-state index in [0.29, 0.717) is 17.9 Å². The smallest absolute Gasteiger partial charge is 0.243 e. The second-order valence-corrected chi connectivity index (χ2v) is 7.56. The first-order valence-corrected chi connectivity index (χ1v) is 9.25. The maximum Gasteiger partial charge on any atom is 0.243 e. The molecule has 0 radical (unpaired) electrons. The van der Waals surface area contributed by atoms with Gasteiger partial charge in [-0.15, -0.1) is 0 Å². The van der Waals surface area contributed by atoms with Gasteiger partial charge in [-0.3, -0.25) is 0 Å². The number of benzene rings is 1. The highest BCUT2D eigenvalue weighted by Gasteiger charge is 2.37. The minimum atomic E-state index is -3.36. The minimum Gasteiger partial charge on any atom is -0.396 e. The van der Waals surface area contributed by atoms with Crippen molar-refractivity contribution in [3.8, 4) is 0 Å². The van der Waals surface area contributed by atoms with Crippen molar-refractivity contribution in [2.75, 3.05) is 13.2 Å². The van der Waals surface area contributed by atoms with Crippen LogP contribution in [0.25, 0.3) is 0 Å². The summed E-state index contributed by atoms with van der Waals surface area (Å²) in [6.45, 7) is 2.86. The Bertz CT molecular complexity index is 535. The number of aliphatic hydroxyl groups is 1. The van der Waals surface area contributed by atoms with E-state index < -0.39 is 10.0 Å². The fourth-order valence-electron chi connectivity index (χ4n) is 2.42. The fraction of sp³-hybridized carbons (Fsp3) is 0.625. The Kier molecular flexibility index (Phi) is 5.79. The molecule has 0 spiro atoms. The summed E-state index contributed by atoms with van der Waals surface area (Å²) >= 11 is 0. The minimum absolute atomic E-state index is 0.159. The molecule has 0 unspecified atom stereocenters. The van der Waals surface area contributed by atoms with E-state index in [-0.39, 0.29) is 12.6 Å². The number of rotatable bonds is 9. The third kappa shape index (κ3) is 4.28. The molecule has 1 saturated carbocycles. The summed E-state index contributed by atoms with van der Waals surface area (Å²) in [5.41, 5.74) is 1.06. The first kappa shape index (κ1) is 16.5. The summed E-state index contributed by atoms with van der Waals surface area (Å²) in [5.74, 6) is 0. The molecule has 1 aliphatic rings. The van der Waals surface area contributed by atoms with Crippen LogP contribution in [0.1, 0.15) is 44.6 Å². The molecule has 1 aliphatic carbocycles. The molecule has 0 amide bonds. The lowest BCUT2D eigenvalue weighted by atomic mass is 10.1. The third-order valence-electron chi connectivity index (χ3n) is 3.84. The maximum atomic E-state index is 12.7. The van der Waals surface area contributed by atoms with Crippen LogP contribution in [0.5, 0.6) is 0 Å². The topological polar surface area (TPSA) is 57.6 Å². The van der Waals surface area contributed by atoms with Crippen LogP contribution in [0.15, 0.2) is 29.2 Å². The van der Waals surface area contributed by atoms with Crippen LogP contribution in [0.4, 0.5) is 0 Å². The molecule has 0 heterocycles. The zero-order chi connectivity index (χ0) is 15.3. The SMILES string of the molecule is CCCCN(C1CC1)S(=O)(=O)c1ccc(CCCO)cc1. The van der Waals surface area contributed by atoms with Gasteiger partial charge in [0.2, 0.25) is 10.0 Å². The van der Waals surface area contributed by atoms with Crippen LogP contribution in [-0.2, 0) is 16.4 Å². The van der Waals surface area contributed by atoms with E-state index in [9.17, 15) is 8.42 Å². The molecule has 2 rings (SSSR count). The summed E-state index contributed by atoms with van der Waals surface area (Å²) in [5, 5.41) is 8.83. The van der Waals surface area contributed by atoms with Gasteiger partial charge in [0, 0.05) is 19.2 Å². The number of nitrogens with zero attached hydrogens (tertiary/aromatic N) is 1. The summed E-state index contributed by atoms with van der Waals surface area (Å²) in [7, 11) is -3.36. The molecular weight excluding hydrogens is 286 g/mol. The van der Waals surface area contributed by atoms with Gasteiger partial charge in [0.25, 0.3) is 0 Å². The van der Waals surface area contributed by atoms with Crippen molar-refractivity contribution >= 4 is 10.0 Å². The molecule has 1 aromatic carbocycles.